The molecule has 0 saturated carbocycles. The SMILES string of the molecule is CC(N)CNC(=O)c1cc(C(C)C)[nH]n1. The molecule has 0 aliphatic carbocycles. The van der Waals surface area contributed by atoms with Gasteiger partial charge in [0.1, 0.15) is 5.69 Å². The van der Waals surface area contributed by atoms with E-state index in [9.17, 15) is 4.79 Å². The van der Waals surface area contributed by atoms with Crippen molar-refractivity contribution < 1.29 is 4.79 Å². The number of carbonyl (C=O) groups excluding carboxylic acids is 1. The van der Waals surface area contributed by atoms with Gasteiger partial charge in [-0.2, -0.15) is 5.10 Å². The number of aromatic amines is 1. The molecule has 84 valence electrons. The van der Waals surface area contributed by atoms with Gasteiger partial charge in [0.2, 0.25) is 0 Å². The fourth-order valence-corrected chi connectivity index (χ4v) is 1.09. The van der Waals surface area contributed by atoms with Crippen molar-refractivity contribution in [3.8, 4) is 0 Å². The second-order valence-corrected chi connectivity index (χ2v) is 4.05. The van der Waals surface area contributed by atoms with E-state index in [2.05, 4.69) is 15.5 Å². The Bertz CT molecular complexity index is 330. The van der Waals surface area contributed by atoms with Crippen LogP contribution in [-0.2, 0) is 0 Å². The minimum absolute atomic E-state index is 0.0440. The predicted molar refractivity (Wildman–Crippen MR) is 58.7 cm³/mol. The Labute approximate surface area is 89.4 Å². The predicted octanol–water partition coefficient (Wildman–Crippen LogP) is 0.610. The summed E-state index contributed by atoms with van der Waals surface area (Å²) in [6.45, 7) is 6.38. The molecule has 1 aromatic rings. The molecule has 0 aliphatic heterocycles. The zero-order valence-corrected chi connectivity index (χ0v) is 9.37. The maximum absolute atomic E-state index is 11.5. The van der Waals surface area contributed by atoms with E-state index in [1.54, 1.807) is 6.07 Å². The number of carbonyl (C=O) groups is 1. The normalized spacial score (nSPS) is 12.9. The van der Waals surface area contributed by atoms with Crippen LogP contribution >= 0.6 is 0 Å². The Balaban J connectivity index is 2.58. The van der Waals surface area contributed by atoms with E-state index in [-0.39, 0.29) is 11.9 Å². The van der Waals surface area contributed by atoms with Gasteiger partial charge in [0.05, 0.1) is 0 Å². The standard InChI is InChI=1S/C10H18N4O/c1-6(2)8-4-9(14-13-8)10(15)12-5-7(3)11/h4,6-7H,5,11H2,1-3H3,(H,12,15)(H,13,14). The van der Waals surface area contributed by atoms with Crippen LogP contribution in [0.15, 0.2) is 6.07 Å². The van der Waals surface area contributed by atoms with Crippen LogP contribution in [0.4, 0.5) is 0 Å². The first kappa shape index (κ1) is 11.7. The van der Waals surface area contributed by atoms with E-state index in [4.69, 9.17) is 5.73 Å². The second-order valence-electron chi connectivity index (χ2n) is 4.05. The molecule has 1 unspecified atom stereocenters. The minimum Gasteiger partial charge on any atom is -0.349 e. The first-order valence-electron chi connectivity index (χ1n) is 5.09. The van der Waals surface area contributed by atoms with Crippen LogP contribution in [0.1, 0.15) is 42.9 Å². The highest BCUT2D eigenvalue weighted by atomic mass is 16.1. The summed E-state index contributed by atoms with van der Waals surface area (Å²) in [5.41, 5.74) is 6.90. The molecular formula is C10H18N4O. The highest BCUT2D eigenvalue weighted by Gasteiger charge is 2.11. The number of nitrogens with zero attached hydrogens (tertiary/aromatic N) is 1. The van der Waals surface area contributed by atoms with Gasteiger partial charge in [-0.1, -0.05) is 13.8 Å². The number of aromatic nitrogens is 2. The first-order chi connectivity index (χ1) is 7.00. The largest absolute Gasteiger partial charge is 0.349 e. The third-order valence-corrected chi connectivity index (χ3v) is 2.04. The summed E-state index contributed by atoms with van der Waals surface area (Å²) >= 11 is 0. The summed E-state index contributed by atoms with van der Waals surface area (Å²) in [6.07, 6.45) is 0. The van der Waals surface area contributed by atoms with Crippen LogP contribution in [0.5, 0.6) is 0 Å². The fraction of sp³-hybridized carbons (Fsp3) is 0.600. The van der Waals surface area contributed by atoms with E-state index in [1.165, 1.54) is 0 Å². The molecular weight excluding hydrogens is 192 g/mol. The van der Waals surface area contributed by atoms with Crippen molar-refractivity contribution in [3.05, 3.63) is 17.5 Å². The highest BCUT2D eigenvalue weighted by Crippen LogP contribution is 2.11. The zero-order chi connectivity index (χ0) is 11.4. The molecule has 0 spiro atoms. The van der Waals surface area contributed by atoms with E-state index in [0.717, 1.165) is 5.69 Å². The quantitative estimate of drug-likeness (QED) is 0.680. The average molecular weight is 210 g/mol. The number of H-pyrrole nitrogens is 1. The molecule has 0 bridgehead atoms. The Morgan fingerprint density at radius 1 is 1.60 bits per heavy atom. The maximum Gasteiger partial charge on any atom is 0.271 e. The molecule has 5 heteroatoms. The molecule has 0 radical (unpaired) electrons. The number of hydrogen-bond acceptors (Lipinski definition) is 3. The molecule has 5 nitrogen and oxygen atoms in total. The molecule has 1 heterocycles. The number of nitrogens with one attached hydrogen (secondary N) is 2. The summed E-state index contributed by atoms with van der Waals surface area (Å²) in [7, 11) is 0. The van der Waals surface area contributed by atoms with Crippen LogP contribution < -0.4 is 11.1 Å². The van der Waals surface area contributed by atoms with Gasteiger partial charge in [-0.3, -0.25) is 9.89 Å². The lowest BCUT2D eigenvalue weighted by Crippen LogP contribution is -2.35. The van der Waals surface area contributed by atoms with Crippen LogP contribution in [0.25, 0.3) is 0 Å². The molecule has 0 saturated heterocycles. The van der Waals surface area contributed by atoms with Crippen LogP contribution in [-0.4, -0.2) is 28.7 Å². The first-order valence-corrected chi connectivity index (χ1v) is 5.09. The van der Waals surface area contributed by atoms with Crippen molar-refractivity contribution in [2.24, 2.45) is 5.73 Å². The summed E-state index contributed by atoms with van der Waals surface area (Å²) in [6, 6.07) is 1.72. The maximum atomic E-state index is 11.5. The number of rotatable bonds is 4. The van der Waals surface area contributed by atoms with Crippen LogP contribution in [0.2, 0.25) is 0 Å². The van der Waals surface area contributed by atoms with Crippen molar-refractivity contribution >= 4 is 5.91 Å². The summed E-state index contributed by atoms with van der Waals surface area (Å²) in [4.78, 5) is 11.5. The average Bonchev–Trinajstić information content (AvgIpc) is 2.62. The van der Waals surface area contributed by atoms with Crippen LogP contribution in [0.3, 0.4) is 0 Å². The molecule has 1 atom stereocenters. The number of nitrogens with two attached hydrogens (primary N) is 1. The van der Waals surface area contributed by atoms with Crippen molar-refractivity contribution in [2.75, 3.05) is 6.54 Å². The minimum atomic E-state index is -0.185. The lowest BCUT2D eigenvalue weighted by Gasteiger charge is -2.05. The van der Waals surface area contributed by atoms with E-state index < -0.39 is 0 Å². The van der Waals surface area contributed by atoms with Crippen LogP contribution in [0, 0.1) is 0 Å². The van der Waals surface area contributed by atoms with E-state index >= 15 is 0 Å². The molecule has 0 aromatic carbocycles. The molecule has 15 heavy (non-hydrogen) atoms. The van der Waals surface area contributed by atoms with Gasteiger partial charge in [0.15, 0.2) is 0 Å². The van der Waals surface area contributed by atoms with Crippen molar-refractivity contribution in [2.45, 2.75) is 32.7 Å². The van der Waals surface area contributed by atoms with Gasteiger partial charge in [0, 0.05) is 18.3 Å². The lowest BCUT2D eigenvalue weighted by molar-refractivity contribution is 0.0946. The molecule has 1 amide bonds. The lowest BCUT2D eigenvalue weighted by atomic mass is 10.1. The van der Waals surface area contributed by atoms with E-state index in [1.807, 2.05) is 20.8 Å². The Morgan fingerprint density at radius 3 is 2.73 bits per heavy atom. The van der Waals surface area contributed by atoms with Crippen molar-refractivity contribution in [1.29, 1.82) is 0 Å². The summed E-state index contributed by atoms with van der Waals surface area (Å²) < 4.78 is 0. The number of amides is 1. The second kappa shape index (κ2) is 4.93. The molecule has 0 fully saturated rings. The third kappa shape index (κ3) is 3.36. The van der Waals surface area contributed by atoms with Gasteiger partial charge in [-0.25, -0.2) is 0 Å². The Kier molecular flexibility index (Phi) is 3.85. The molecule has 4 N–H and O–H groups in total. The smallest absolute Gasteiger partial charge is 0.271 e. The van der Waals surface area contributed by atoms with E-state index in [0.29, 0.717) is 18.2 Å². The molecule has 0 aliphatic rings. The molecule has 1 aromatic heterocycles. The van der Waals surface area contributed by atoms with Gasteiger partial charge in [-0.05, 0) is 18.9 Å². The number of hydrogen-bond donors (Lipinski definition) is 3. The molecule has 1 rings (SSSR count). The van der Waals surface area contributed by atoms with Crippen molar-refractivity contribution in [3.63, 3.8) is 0 Å². The van der Waals surface area contributed by atoms with Gasteiger partial charge in [0.25, 0.3) is 5.91 Å². The topological polar surface area (TPSA) is 83.8 Å². The summed E-state index contributed by atoms with van der Waals surface area (Å²) in [5.74, 6) is 0.155. The van der Waals surface area contributed by atoms with Gasteiger partial charge < -0.3 is 11.1 Å². The monoisotopic (exact) mass is 210 g/mol. The summed E-state index contributed by atoms with van der Waals surface area (Å²) in [5, 5.41) is 9.47. The fourth-order valence-electron chi connectivity index (χ4n) is 1.09. The van der Waals surface area contributed by atoms with Crippen molar-refractivity contribution in [1.82, 2.24) is 15.5 Å². The zero-order valence-electron chi connectivity index (χ0n) is 9.37. The third-order valence-electron chi connectivity index (χ3n) is 2.04. The van der Waals surface area contributed by atoms with Gasteiger partial charge >= 0.3 is 0 Å². The Hall–Kier alpha value is -1.36. The highest BCUT2D eigenvalue weighted by molar-refractivity contribution is 5.92. The Morgan fingerprint density at radius 2 is 2.27 bits per heavy atom. The van der Waals surface area contributed by atoms with Gasteiger partial charge in [-0.15, -0.1) is 0 Å².